The number of halogens is 2. The van der Waals surface area contributed by atoms with Crippen molar-refractivity contribution in [2.24, 2.45) is 0 Å². The summed E-state index contributed by atoms with van der Waals surface area (Å²) in [5, 5.41) is 18.9. The molecule has 0 spiro atoms. The zero-order chi connectivity index (χ0) is 30.8. The lowest BCUT2D eigenvalue weighted by Gasteiger charge is -2.42. The second-order valence-electron chi connectivity index (χ2n) is 10.7. The number of anilines is 2. The van der Waals surface area contributed by atoms with Gasteiger partial charge in [-0.15, -0.1) is 0 Å². The topological polar surface area (TPSA) is 112 Å². The minimum absolute atomic E-state index is 0.0623. The number of aromatic nitrogens is 2. The molecule has 1 aliphatic heterocycles. The van der Waals surface area contributed by atoms with Crippen LogP contribution in [0.2, 0.25) is 0 Å². The number of carbonyl (C=O) groups is 2. The molecule has 1 aliphatic rings. The van der Waals surface area contributed by atoms with Crippen LogP contribution in [0.15, 0.2) is 79.0 Å². The van der Waals surface area contributed by atoms with Crippen LogP contribution in [0.4, 0.5) is 20.2 Å². The van der Waals surface area contributed by atoms with Crippen LogP contribution in [0.1, 0.15) is 44.5 Å². The summed E-state index contributed by atoms with van der Waals surface area (Å²) in [6.07, 6.45) is 1.34. The smallest absolute Gasteiger partial charge is 0.298 e. The summed E-state index contributed by atoms with van der Waals surface area (Å²) in [4.78, 5) is 28.8. The van der Waals surface area contributed by atoms with E-state index in [9.17, 15) is 14.9 Å². The molecule has 43 heavy (non-hydrogen) atoms. The minimum atomic E-state index is -3.21. The number of hydrogen-bond donors (Lipinski definition) is 2. The van der Waals surface area contributed by atoms with E-state index < -0.39 is 22.9 Å². The van der Waals surface area contributed by atoms with E-state index in [1.54, 1.807) is 42.3 Å². The maximum Gasteiger partial charge on any atom is 0.298 e. The number of nitrogens with zero attached hydrogens (tertiary/aromatic N) is 4. The number of amides is 2. The molecule has 9 nitrogen and oxygen atoms in total. The van der Waals surface area contributed by atoms with Crippen molar-refractivity contribution in [2.75, 3.05) is 30.4 Å². The van der Waals surface area contributed by atoms with Crippen LogP contribution in [0.3, 0.4) is 0 Å². The molecule has 2 heterocycles. The van der Waals surface area contributed by atoms with Crippen molar-refractivity contribution in [3.8, 4) is 11.8 Å². The zero-order valence-corrected chi connectivity index (χ0v) is 25.9. The number of rotatable bonds is 9. The van der Waals surface area contributed by atoms with Crippen molar-refractivity contribution in [2.45, 2.75) is 24.6 Å². The zero-order valence-electron chi connectivity index (χ0n) is 23.9. The van der Waals surface area contributed by atoms with E-state index in [2.05, 4.69) is 21.8 Å². The third-order valence-corrected chi connectivity index (χ3v) is 7.99. The first-order valence-electron chi connectivity index (χ1n) is 13.6. The lowest BCUT2D eigenvalue weighted by molar-refractivity contribution is 0.0428. The number of ether oxygens (including phenoxy) is 1. The molecular formula is C31H30F2N6O3Si. The Morgan fingerprint density at radius 1 is 1.14 bits per heavy atom. The highest BCUT2D eigenvalue weighted by Crippen LogP contribution is 2.38. The largest absolute Gasteiger partial charge is 0.491 e. The van der Waals surface area contributed by atoms with E-state index >= 15 is 8.78 Å². The predicted octanol–water partition coefficient (Wildman–Crippen LogP) is 3.49. The molecule has 0 saturated carbocycles. The Bertz CT molecular complexity index is 1700. The predicted molar refractivity (Wildman–Crippen MR) is 162 cm³/mol. The molecule has 0 saturated heterocycles. The highest BCUT2D eigenvalue weighted by molar-refractivity contribution is 6.25. The second kappa shape index (κ2) is 11.8. The number of likely N-dealkylation sites (N-methyl/N-ethyl adjacent to an activating group) is 1. The molecule has 0 bridgehead atoms. The summed E-state index contributed by atoms with van der Waals surface area (Å²) >= 11 is 0. The number of benzene rings is 3. The number of nitrogens with one attached hydrogen (secondary N) is 2. The lowest BCUT2D eigenvalue weighted by atomic mass is 9.99. The van der Waals surface area contributed by atoms with E-state index in [1.807, 2.05) is 6.92 Å². The molecule has 220 valence electrons. The molecule has 1 atom stereocenters. The van der Waals surface area contributed by atoms with Gasteiger partial charge < -0.3 is 20.3 Å². The van der Waals surface area contributed by atoms with Gasteiger partial charge in [0.15, 0.2) is 0 Å². The highest BCUT2D eigenvalue weighted by Gasteiger charge is 2.42. The van der Waals surface area contributed by atoms with Crippen LogP contribution in [-0.4, -0.2) is 57.2 Å². The minimum Gasteiger partial charge on any atom is -0.491 e. The first-order chi connectivity index (χ1) is 20.6. The number of hydrogen-bond acceptors (Lipinski definition) is 6. The fourth-order valence-corrected chi connectivity index (χ4v) is 5.86. The van der Waals surface area contributed by atoms with E-state index in [-0.39, 0.29) is 27.9 Å². The molecule has 0 radical (unpaired) electrons. The van der Waals surface area contributed by atoms with Crippen LogP contribution < -0.4 is 20.3 Å². The average molecular weight is 601 g/mol. The Balaban J connectivity index is 1.40. The van der Waals surface area contributed by atoms with Gasteiger partial charge in [-0.1, -0.05) is 42.5 Å². The maximum absolute atomic E-state index is 15.1. The van der Waals surface area contributed by atoms with Gasteiger partial charge in [-0.3, -0.25) is 14.3 Å². The Hall–Kier alpha value is -4.86. The Kier molecular flexibility index (Phi) is 8.12. The Morgan fingerprint density at radius 3 is 2.51 bits per heavy atom. The van der Waals surface area contributed by atoms with Crippen molar-refractivity contribution in [1.29, 1.82) is 5.26 Å². The average Bonchev–Trinajstić information content (AvgIpc) is 3.42. The van der Waals surface area contributed by atoms with Gasteiger partial charge in [0, 0.05) is 44.5 Å². The third kappa shape index (κ3) is 5.77. The standard InChI is InChI=1S/C31H30F2N6O3Si/c1-30(43)19-38-27(25(18-36-38)28(40)37-23-10-13-26(20(16-23)17-34)42-15-14-35-2)29(41)39(30)24-11-8-22(9-12-24)31(32,33)21-6-4-3-5-7-21/h3-13,16,18,35H,14-15,19H2,1-2,43H3,(H,37,40)/t30-/m0/s1. The van der Waals surface area contributed by atoms with Crippen LogP contribution in [0.25, 0.3) is 0 Å². The van der Waals surface area contributed by atoms with Crippen molar-refractivity contribution < 1.29 is 23.1 Å². The fourth-order valence-electron chi connectivity index (χ4n) is 5.10. The second-order valence-corrected chi connectivity index (χ2v) is 12.9. The molecule has 2 amide bonds. The Labute approximate surface area is 250 Å². The van der Waals surface area contributed by atoms with E-state index in [0.717, 1.165) is 0 Å². The molecule has 12 heteroatoms. The van der Waals surface area contributed by atoms with Gasteiger partial charge in [0.2, 0.25) is 0 Å². The summed E-state index contributed by atoms with van der Waals surface area (Å²) < 4.78 is 37.4. The number of nitriles is 1. The van der Waals surface area contributed by atoms with E-state index in [1.165, 1.54) is 53.3 Å². The molecule has 1 aromatic heterocycles. The van der Waals surface area contributed by atoms with Gasteiger partial charge in [0.1, 0.15) is 24.1 Å². The molecule has 0 fully saturated rings. The van der Waals surface area contributed by atoms with E-state index in [0.29, 0.717) is 47.1 Å². The number of carbonyl (C=O) groups excluding carboxylic acids is 2. The molecule has 4 aromatic rings. The van der Waals surface area contributed by atoms with Crippen molar-refractivity contribution >= 4 is 33.4 Å². The number of fused-ring (bicyclic) bond motifs is 1. The summed E-state index contributed by atoms with van der Waals surface area (Å²) in [7, 11) is 2.33. The Morgan fingerprint density at radius 2 is 1.84 bits per heavy atom. The SMILES string of the molecule is CNCCOc1ccc(NC(=O)c2cnn3c2C(=O)N(c2ccc(C(F)(F)c4ccccc4)cc2)[C@@](C)([SiH3])C3)cc1C#N. The first kappa shape index (κ1) is 29.6. The van der Waals surface area contributed by atoms with Crippen molar-refractivity contribution in [3.05, 3.63) is 107 Å². The fraction of sp³-hybridized carbons (Fsp3) is 0.226. The van der Waals surface area contributed by atoms with Crippen LogP contribution in [0, 0.1) is 11.3 Å². The van der Waals surface area contributed by atoms with E-state index in [4.69, 9.17) is 4.74 Å². The van der Waals surface area contributed by atoms with Gasteiger partial charge >= 0.3 is 0 Å². The van der Waals surface area contributed by atoms with Gasteiger partial charge in [-0.25, -0.2) is 0 Å². The van der Waals surface area contributed by atoms with Crippen molar-refractivity contribution in [3.63, 3.8) is 0 Å². The molecule has 0 aliphatic carbocycles. The lowest BCUT2D eigenvalue weighted by Crippen LogP contribution is -2.58. The normalized spacial score (nSPS) is 16.4. The summed E-state index contributed by atoms with van der Waals surface area (Å²) in [5.74, 6) is -3.84. The summed E-state index contributed by atoms with van der Waals surface area (Å²) in [6, 6.07) is 20.0. The van der Waals surface area contributed by atoms with Crippen molar-refractivity contribution in [1.82, 2.24) is 15.1 Å². The number of alkyl halides is 2. The molecule has 0 unspecified atom stereocenters. The first-order valence-corrected chi connectivity index (χ1v) is 14.6. The quantitative estimate of drug-likeness (QED) is 0.225. The highest BCUT2D eigenvalue weighted by atomic mass is 28.1. The molecule has 3 aromatic carbocycles. The van der Waals surface area contributed by atoms with Crippen LogP contribution in [0.5, 0.6) is 5.75 Å². The molecule has 5 rings (SSSR count). The van der Waals surface area contributed by atoms with Gasteiger partial charge in [0.25, 0.3) is 17.7 Å². The van der Waals surface area contributed by atoms with Gasteiger partial charge in [0.05, 0.1) is 23.9 Å². The molecule has 2 N–H and O–H groups in total. The van der Waals surface area contributed by atoms with Crippen LogP contribution in [-0.2, 0) is 12.5 Å². The molecular weight excluding hydrogens is 570 g/mol. The van der Waals surface area contributed by atoms with Gasteiger partial charge in [-0.05, 0) is 44.3 Å². The monoisotopic (exact) mass is 600 g/mol. The van der Waals surface area contributed by atoms with Crippen LogP contribution >= 0.6 is 0 Å². The van der Waals surface area contributed by atoms with Gasteiger partial charge in [-0.2, -0.15) is 19.1 Å². The third-order valence-electron chi connectivity index (χ3n) is 7.22. The summed E-state index contributed by atoms with van der Waals surface area (Å²) in [5.41, 5.74) is 0.890. The summed E-state index contributed by atoms with van der Waals surface area (Å²) in [6.45, 7) is 3.20. The maximum atomic E-state index is 15.1.